The second kappa shape index (κ2) is 14.3. The van der Waals surface area contributed by atoms with Gasteiger partial charge in [-0.2, -0.15) is 0 Å². The molecule has 4 unspecified atom stereocenters. The number of carboxylic acids is 1. The molecular weight excluding hydrogens is 582 g/mol. The molecule has 23 heteroatoms. The van der Waals surface area contributed by atoms with Crippen molar-refractivity contribution >= 4 is 37.1 Å². The van der Waals surface area contributed by atoms with E-state index in [0.717, 1.165) is 7.11 Å². The number of carbonyl (C=O) groups is 1. The summed E-state index contributed by atoms with van der Waals surface area (Å²) in [5.41, 5.74) is 0. The molecule has 0 aromatic heterocycles. The van der Waals surface area contributed by atoms with Gasteiger partial charge in [-0.3, -0.25) is 8.37 Å². The summed E-state index contributed by atoms with van der Waals surface area (Å²) in [6.07, 6.45) is -10.9. The fraction of sp³-hybridized carbons (Fsp3) is 0.929. The van der Waals surface area contributed by atoms with Crippen LogP contribution in [-0.2, 0) is 58.5 Å². The first kappa shape index (κ1) is 35.8. The summed E-state index contributed by atoms with van der Waals surface area (Å²) >= 11 is 0. The number of methoxy groups -OCH3 is 1. The molecule has 0 saturated carbocycles. The Labute approximate surface area is 211 Å². The molecule has 0 aromatic rings. The smallest absolute Gasteiger partial charge is 0.218 e. The fourth-order valence-corrected chi connectivity index (χ4v) is 4.30. The number of nitrogens with one attached hydrogen (secondary N) is 1. The highest BCUT2D eigenvalue weighted by molar-refractivity contribution is 7.83. The van der Waals surface area contributed by atoms with Gasteiger partial charge in [-0.05, 0) is 0 Å². The van der Waals surface area contributed by atoms with E-state index in [4.69, 9.17) is 9.47 Å². The number of aliphatic hydroxyl groups excluding tert-OH is 3. The van der Waals surface area contributed by atoms with Gasteiger partial charge >= 0.3 is 0 Å². The highest BCUT2D eigenvalue weighted by atomic mass is 32.3. The number of rotatable bonds is 9. The Bertz CT molecular complexity index is 1040. The normalized spacial score (nSPS) is 32.9. The predicted octanol–water partition coefficient (Wildman–Crippen LogP) is -7.01. The Kier molecular flexibility index (Phi) is 13.8. The Hall–Kier alpha value is -1.16. The molecular formula is C14H25NO19S3-4. The number of aliphatic carboxylic acids is 1. The minimum atomic E-state index is -5.03. The van der Waals surface area contributed by atoms with E-state index in [2.05, 4.69) is 13.1 Å². The minimum absolute atomic E-state index is 0. The number of ether oxygens (including phenoxy) is 3. The zero-order valence-electron chi connectivity index (χ0n) is 17.8. The van der Waals surface area contributed by atoms with E-state index in [1.807, 2.05) is 0 Å². The van der Waals surface area contributed by atoms with E-state index in [0.29, 0.717) is 0 Å². The molecule has 0 radical (unpaired) electrons. The number of carbonyl (C=O) groups excluding carboxylic acids is 1. The molecule has 2 aliphatic heterocycles. The van der Waals surface area contributed by atoms with Crippen molar-refractivity contribution < 1.29 is 86.7 Å². The molecule has 0 bridgehead atoms. The average molecular weight is 608 g/mol. The lowest BCUT2D eigenvalue weighted by Crippen LogP contribution is -2.60. The molecule has 37 heavy (non-hydrogen) atoms. The molecule has 2 rings (SSSR count). The maximum absolute atomic E-state index is 10.6. The van der Waals surface area contributed by atoms with Crippen molar-refractivity contribution in [2.24, 2.45) is 0 Å². The topological polar surface area (TPSA) is 331 Å². The van der Waals surface area contributed by atoms with Gasteiger partial charge < -0.3 is 53.1 Å². The zero-order chi connectivity index (χ0) is 28.1. The van der Waals surface area contributed by atoms with Crippen LogP contribution in [0.25, 0.3) is 0 Å². The first-order valence-electron chi connectivity index (χ1n) is 9.24. The Balaban J connectivity index is 0.000000686. The van der Waals surface area contributed by atoms with Gasteiger partial charge in [-0.15, -0.1) is 0 Å². The van der Waals surface area contributed by atoms with Gasteiger partial charge in [-0.1, -0.05) is 7.43 Å². The van der Waals surface area contributed by atoms with Crippen LogP contribution < -0.4 is 9.83 Å². The SMILES string of the molecule is C.CO[C@@H]1C(C(=O)[O-])OCC(OS(=O)(=O)[O-])[C@@H]1O.O=S(=O)([O-])NC1COC(COS(=O)(=O)[O-])[C@@H](O)[C@H]1O. The molecule has 8 atom stereocenters. The number of carboxylic acid groups (broad SMARTS) is 1. The van der Waals surface area contributed by atoms with Gasteiger partial charge in [0.15, 0.2) is 10.3 Å². The van der Waals surface area contributed by atoms with Gasteiger partial charge in [-0.25, -0.2) is 30.0 Å². The fourth-order valence-electron chi connectivity index (χ4n) is 2.95. The molecule has 0 spiro atoms. The van der Waals surface area contributed by atoms with Crippen LogP contribution in [0.5, 0.6) is 0 Å². The molecule has 2 fully saturated rings. The van der Waals surface area contributed by atoms with Gasteiger partial charge in [0, 0.05) is 7.11 Å². The molecule has 0 amide bonds. The second-order valence-electron chi connectivity index (χ2n) is 7.03. The van der Waals surface area contributed by atoms with Crippen LogP contribution in [0.4, 0.5) is 0 Å². The second-order valence-corrected chi connectivity index (χ2v) is 10.2. The summed E-state index contributed by atoms with van der Waals surface area (Å²) in [7, 11) is -13.8. The van der Waals surface area contributed by atoms with E-state index in [1.165, 1.54) is 4.72 Å². The lowest BCUT2D eigenvalue weighted by molar-refractivity contribution is -0.328. The average Bonchev–Trinajstić information content (AvgIpc) is 2.70. The van der Waals surface area contributed by atoms with Crippen LogP contribution >= 0.6 is 0 Å². The van der Waals surface area contributed by atoms with E-state index < -0.39 is 106 Å². The van der Waals surface area contributed by atoms with Crippen LogP contribution in [0.15, 0.2) is 0 Å². The maximum atomic E-state index is 10.6. The third-order valence-corrected chi connectivity index (χ3v) is 6.01. The van der Waals surface area contributed by atoms with Crippen molar-refractivity contribution in [2.45, 2.75) is 56.2 Å². The summed E-state index contributed by atoms with van der Waals surface area (Å²) < 4.78 is 116. The molecule has 2 aliphatic rings. The monoisotopic (exact) mass is 607 g/mol. The van der Waals surface area contributed by atoms with Gasteiger partial charge in [0.1, 0.15) is 42.7 Å². The summed E-state index contributed by atoms with van der Waals surface area (Å²) in [5, 5.41) is 39.2. The van der Waals surface area contributed by atoms with Crippen LogP contribution in [-0.4, -0.2) is 136 Å². The zero-order valence-corrected chi connectivity index (χ0v) is 20.3. The van der Waals surface area contributed by atoms with Crippen molar-refractivity contribution in [1.82, 2.24) is 4.72 Å². The van der Waals surface area contributed by atoms with Crippen LogP contribution in [0.2, 0.25) is 0 Å². The summed E-state index contributed by atoms with van der Waals surface area (Å²) in [6.45, 7) is -1.94. The van der Waals surface area contributed by atoms with Crippen LogP contribution in [0.1, 0.15) is 7.43 Å². The van der Waals surface area contributed by atoms with Crippen molar-refractivity contribution in [1.29, 1.82) is 0 Å². The first-order chi connectivity index (χ1) is 16.3. The number of aliphatic hydroxyl groups is 3. The van der Waals surface area contributed by atoms with E-state index >= 15 is 0 Å². The minimum Gasteiger partial charge on any atom is -0.735 e. The standard InChI is InChI=1S/C7H12O9S.C6H13NO10S2.CH4/c1-14-5-4(8)3(16-17(11,12)13)2-15-6(5)7(9)10;8-5-3(7-18(10,11)12)1-16-4(6(5)9)2-17-19(13,14)15;/h3-6,8H,2H2,1H3,(H,9,10)(H,11,12,13);3-9H,1-2H2,(H,10,11,12)(H,13,14,15);1H4/p-4/t3?,4-,5-,6?;3?,4?,5-,6+;/m00./s1. The van der Waals surface area contributed by atoms with Crippen molar-refractivity contribution in [3.8, 4) is 0 Å². The van der Waals surface area contributed by atoms with E-state index in [-0.39, 0.29) is 7.43 Å². The highest BCUT2D eigenvalue weighted by Gasteiger charge is 2.42. The largest absolute Gasteiger partial charge is 0.735 e. The predicted molar refractivity (Wildman–Crippen MR) is 107 cm³/mol. The molecule has 0 aliphatic carbocycles. The molecule has 4 N–H and O–H groups in total. The number of hydrogen-bond donors (Lipinski definition) is 4. The van der Waals surface area contributed by atoms with E-state index in [1.54, 1.807) is 0 Å². The van der Waals surface area contributed by atoms with Gasteiger partial charge in [0.05, 0.1) is 31.8 Å². The Morgan fingerprint density at radius 3 is 1.95 bits per heavy atom. The van der Waals surface area contributed by atoms with Crippen molar-refractivity contribution in [3.05, 3.63) is 0 Å². The lowest BCUT2D eigenvalue weighted by Gasteiger charge is -2.39. The molecule has 2 heterocycles. The molecule has 222 valence electrons. The molecule has 20 nitrogen and oxygen atoms in total. The summed E-state index contributed by atoms with van der Waals surface area (Å²) in [6, 6.07) is -1.39. The quantitative estimate of drug-likeness (QED) is 0.140. The van der Waals surface area contributed by atoms with E-state index in [9.17, 15) is 64.1 Å². The first-order valence-corrected chi connectivity index (χ1v) is 13.3. The maximum Gasteiger partial charge on any atom is 0.218 e. The third-order valence-electron chi connectivity index (χ3n) is 4.51. The van der Waals surface area contributed by atoms with Crippen molar-refractivity contribution in [2.75, 3.05) is 26.9 Å². The lowest BCUT2D eigenvalue weighted by atomic mass is 9.99. The van der Waals surface area contributed by atoms with Crippen LogP contribution in [0.3, 0.4) is 0 Å². The summed E-state index contributed by atoms with van der Waals surface area (Å²) in [5.74, 6) is -1.63. The Morgan fingerprint density at radius 1 is 0.946 bits per heavy atom. The molecule has 0 aromatic carbocycles. The van der Waals surface area contributed by atoms with Gasteiger partial charge in [0.25, 0.3) is 0 Å². The highest BCUT2D eigenvalue weighted by Crippen LogP contribution is 2.21. The van der Waals surface area contributed by atoms with Gasteiger partial charge in [0.2, 0.25) is 20.8 Å². The Morgan fingerprint density at radius 2 is 1.51 bits per heavy atom. The van der Waals surface area contributed by atoms with Crippen molar-refractivity contribution in [3.63, 3.8) is 0 Å². The number of hydrogen-bond acceptors (Lipinski definition) is 19. The summed E-state index contributed by atoms with van der Waals surface area (Å²) in [4.78, 5) is 10.6. The van der Waals surface area contributed by atoms with Crippen LogP contribution in [0, 0.1) is 0 Å². The third kappa shape index (κ3) is 12.5. The molecule has 2 saturated heterocycles.